The maximum absolute atomic E-state index is 12.7. The van der Waals surface area contributed by atoms with Crippen LogP contribution in [0.3, 0.4) is 0 Å². The van der Waals surface area contributed by atoms with E-state index in [1.54, 1.807) is 12.1 Å². The van der Waals surface area contributed by atoms with E-state index in [4.69, 9.17) is 4.74 Å². The summed E-state index contributed by atoms with van der Waals surface area (Å²) in [5, 5.41) is 0. The summed E-state index contributed by atoms with van der Waals surface area (Å²) in [6.45, 7) is 0.460. The van der Waals surface area contributed by atoms with E-state index < -0.39 is 10.0 Å². The number of carbonyl (C=O) groups is 3. The van der Waals surface area contributed by atoms with E-state index in [2.05, 4.69) is 0 Å². The first-order chi connectivity index (χ1) is 12.8. The molecular formula is C17H21N3O6S. The highest BCUT2D eigenvalue weighted by molar-refractivity contribution is 7.89. The second kappa shape index (κ2) is 7.65. The lowest BCUT2D eigenvalue weighted by atomic mass is 10.3. The molecule has 10 heteroatoms. The molecule has 0 N–H and O–H groups in total. The van der Waals surface area contributed by atoms with Crippen LogP contribution in [0.1, 0.15) is 12.8 Å². The number of hydrogen-bond donors (Lipinski definition) is 0. The molecule has 1 aromatic rings. The number of likely N-dealkylation sites (tertiary alicyclic amines) is 1. The van der Waals surface area contributed by atoms with Crippen LogP contribution in [0.25, 0.3) is 0 Å². The number of carbonyl (C=O) groups excluding carboxylic acids is 3. The zero-order valence-corrected chi connectivity index (χ0v) is 15.8. The van der Waals surface area contributed by atoms with Gasteiger partial charge in [-0.1, -0.05) is 0 Å². The average Bonchev–Trinajstić information content (AvgIpc) is 3.00. The van der Waals surface area contributed by atoms with Gasteiger partial charge in [0.25, 0.3) is 0 Å². The molecule has 9 nitrogen and oxygen atoms in total. The van der Waals surface area contributed by atoms with Gasteiger partial charge in [-0.05, 0) is 24.3 Å². The smallest absolute Gasteiger partial charge is 0.243 e. The van der Waals surface area contributed by atoms with E-state index in [-0.39, 0.29) is 68.2 Å². The molecule has 2 saturated heterocycles. The molecule has 2 heterocycles. The lowest BCUT2D eigenvalue weighted by molar-refractivity contribution is -0.145. The first-order valence-corrected chi connectivity index (χ1v) is 10.0. The Bertz CT molecular complexity index is 828. The maximum Gasteiger partial charge on any atom is 0.243 e. The van der Waals surface area contributed by atoms with Crippen molar-refractivity contribution in [1.29, 1.82) is 0 Å². The van der Waals surface area contributed by atoms with Gasteiger partial charge in [-0.25, -0.2) is 8.42 Å². The monoisotopic (exact) mass is 395 g/mol. The second-order valence-corrected chi connectivity index (χ2v) is 8.27. The number of imide groups is 1. The zero-order chi connectivity index (χ0) is 19.6. The molecular weight excluding hydrogens is 374 g/mol. The summed E-state index contributed by atoms with van der Waals surface area (Å²) in [6, 6.07) is 6.13. The summed E-state index contributed by atoms with van der Waals surface area (Å²) in [6.07, 6.45) is 0.278. The molecule has 0 aliphatic carbocycles. The van der Waals surface area contributed by atoms with Crippen LogP contribution in [0.2, 0.25) is 0 Å². The Hall–Kier alpha value is -2.46. The van der Waals surface area contributed by atoms with E-state index in [1.165, 1.54) is 28.4 Å². The Kier molecular flexibility index (Phi) is 5.47. The van der Waals surface area contributed by atoms with Crippen molar-refractivity contribution in [3.05, 3.63) is 24.3 Å². The Morgan fingerprint density at radius 1 is 1.00 bits per heavy atom. The molecule has 146 valence electrons. The topological polar surface area (TPSA) is 104 Å². The lowest BCUT2D eigenvalue weighted by Gasteiger charge is -2.34. The van der Waals surface area contributed by atoms with Crippen LogP contribution in [0, 0.1) is 0 Å². The minimum absolute atomic E-state index is 0.139. The average molecular weight is 395 g/mol. The first kappa shape index (κ1) is 19.3. The van der Waals surface area contributed by atoms with Gasteiger partial charge in [-0.15, -0.1) is 0 Å². The third-order valence-corrected chi connectivity index (χ3v) is 6.65. The summed E-state index contributed by atoms with van der Waals surface area (Å²) in [5.41, 5.74) is 0. The van der Waals surface area contributed by atoms with E-state index in [0.29, 0.717) is 5.75 Å². The van der Waals surface area contributed by atoms with Crippen LogP contribution in [0.4, 0.5) is 0 Å². The molecule has 0 spiro atoms. The van der Waals surface area contributed by atoms with Crippen LogP contribution in [0.5, 0.6) is 5.75 Å². The predicted octanol–water partition coefficient (Wildman–Crippen LogP) is -0.323. The van der Waals surface area contributed by atoms with Crippen molar-refractivity contribution in [2.75, 3.05) is 39.8 Å². The van der Waals surface area contributed by atoms with Gasteiger partial charge < -0.3 is 9.64 Å². The van der Waals surface area contributed by atoms with Crippen LogP contribution < -0.4 is 4.74 Å². The van der Waals surface area contributed by atoms with Crippen LogP contribution >= 0.6 is 0 Å². The Morgan fingerprint density at radius 2 is 1.56 bits per heavy atom. The van der Waals surface area contributed by atoms with E-state index in [0.717, 1.165) is 4.90 Å². The number of sulfonamides is 1. The molecule has 0 unspecified atom stereocenters. The number of hydrogen-bond acceptors (Lipinski definition) is 6. The molecule has 27 heavy (non-hydrogen) atoms. The molecule has 0 saturated carbocycles. The number of amides is 3. The maximum atomic E-state index is 12.7. The third-order valence-electron chi connectivity index (χ3n) is 4.74. The fourth-order valence-corrected chi connectivity index (χ4v) is 4.53. The lowest BCUT2D eigenvalue weighted by Crippen LogP contribution is -2.53. The summed E-state index contributed by atoms with van der Waals surface area (Å²) in [7, 11) is -2.15. The van der Waals surface area contributed by atoms with Crippen molar-refractivity contribution >= 4 is 27.7 Å². The molecule has 0 radical (unpaired) electrons. The molecule has 3 amide bonds. The van der Waals surface area contributed by atoms with E-state index >= 15 is 0 Å². The fraction of sp³-hybridized carbons (Fsp3) is 0.471. The fourth-order valence-electron chi connectivity index (χ4n) is 3.11. The molecule has 2 aliphatic heterocycles. The number of ether oxygens (including phenoxy) is 1. The van der Waals surface area contributed by atoms with Gasteiger partial charge in [0.15, 0.2) is 0 Å². The Labute approximate surface area is 157 Å². The quantitative estimate of drug-likeness (QED) is 0.633. The summed E-state index contributed by atoms with van der Waals surface area (Å²) in [5.74, 6) is -0.460. The van der Waals surface area contributed by atoms with Gasteiger partial charge in [0, 0.05) is 39.0 Å². The normalized spacial score (nSPS) is 18.9. The van der Waals surface area contributed by atoms with Crippen LogP contribution in [-0.2, 0) is 24.4 Å². The minimum Gasteiger partial charge on any atom is -0.497 e. The van der Waals surface area contributed by atoms with Gasteiger partial charge in [-0.3, -0.25) is 19.3 Å². The summed E-state index contributed by atoms with van der Waals surface area (Å²) >= 11 is 0. The molecule has 0 atom stereocenters. The SMILES string of the molecule is COc1ccc(S(=O)(=O)N2CCN(C(=O)CN3C(=O)CCC3=O)CC2)cc1. The largest absolute Gasteiger partial charge is 0.497 e. The number of piperazine rings is 1. The van der Waals surface area contributed by atoms with Crippen molar-refractivity contribution in [1.82, 2.24) is 14.1 Å². The number of nitrogens with zero attached hydrogens (tertiary/aromatic N) is 3. The Morgan fingerprint density at radius 3 is 2.07 bits per heavy atom. The highest BCUT2D eigenvalue weighted by Gasteiger charge is 2.34. The van der Waals surface area contributed by atoms with Crippen molar-refractivity contribution < 1.29 is 27.5 Å². The summed E-state index contributed by atoms with van der Waals surface area (Å²) < 4.78 is 31.8. The van der Waals surface area contributed by atoms with Crippen molar-refractivity contribution in [3.8, 4) is 5.75 Å². The highest BCUT2D eigenvalue weighted by atomic mass is 32.2. The van der Waals surface area contributed by atoms with Crippen molar-refractivity contribution in [3.63, 3.8) is 0 Å². The molecule has 0 aromatic heterocycles. The standard InChI is InChI=1S/C17H21N3O6S/c1-26-13-2-4-14(5-3-13)27(24,25)19-10-8-18(9-11-19)17(23)12-20-15(21)6-7-16(20)22/h2-5H,6-12H2,1H3. The highest BCUT2D eigenvalue weighted by Crippen LogP contribution is 2.21. The van der Waals surface area contributed by atoms with Gasteiger partial charge in [0.2, 0.25) is 27.7 Å². The molecule has 2 aliphatic rings. The summed E-state index contributed by atoms with van der Waals surface area (Å²) in [4.78, 5) is 38.2. The number of methoxy groups -OCH3 is 1. The van der Waals surface area contributed by atoms with Crippen LogP contribution in [0.15, 0.2) is 29.2 Å². The van der Waals surface area contributed by atoms with E-state index in [1.807, 2.05) is 0 Å². The van der Waals surface area contributed by atoms with Crippen molar-refractivity contribution in [2.45, 2.75) is 17.7 Å². The first-order valence-electron chi connectivity index (χ1n) is 8.58. The van der Waals surface area contributed by atoms with Gasteiger partial charge in [0.1, 0.15) is 12.3 Å². The van der Waals surface area contributed by atoms with E-state index in [9.17, 15) is 22.8 Å². The van der Waals surface area contributed by atoms with Gasteiger partial charge in [0.05, 0.1) is 12.0 Å². The zero-order valence-electron chi connectivity index (χ0n) is 15.0. The third kappa shape index (κ3) is 3.96. The number of rotatable bonds is 5. The van der Waals surface area contributed by atoms with Crippen molar-refractivity contribution in [2.24, 2.45) is 0 Å². The molecule has 2 fully saturated rings. The second-order valence-electron chi connectivity index (χ2n) is 6.33. The van der Waals surface area contributed by atoms with Crippen LogP contribution in [-0.4, -0.2) is 80.1 Å². The molecule has 0 bridgehead atoms. The van der Waals surface area contributed by atoms with Gasteiger partial charge in [-0.2, -0.15) is 4.31 Å². The Balaban J connectivity index is 1.59. The minimum atomic E-state index is -3.65. The molecule has 3 rings (SSSR count). The predicted molar refractivity (Wildman–Crippen MR) is 94.3 cm³/mol. The number of benzene rings is 1. The van der Waals surface area contributed by atoms with Gasteiger partial charge >= 0.3 is 0 Å². The molecule has 1 aromatic carbocycles.